The Morgan fingerprint density at radius 2 is 2.17 bits per heavy atom. The van der Waals surface area contributed by atoms with Gasteiger partial charge in [0.1, 0.15) is 21.8 Å². The molecule has 2 aromatic rings. The van der Waals surface area contributed by atoms with Gasteiger partial charge in [0.2, 0.25) is 10.0 Å². The zero-order chi connectivity index (χ0) is 17.3. The molecule has 0 bridgehead atoms. The number of nitrogens with one attached hydrogen (secondary N) is 1. The molecule has 5 nitrogen and oxygen atoms in total. The van der Waals surface area contributed by atoms with E-state index < -0.39 is 10.0 Å². The van der Waals surface area contributed by atoms with Gasteiger partial charge in [-0.15, -0.1) is 11.3 Å². The summed E-state index contributed by atoms with van der Waals surface area (Å²) < 4.78 is 39.2. The molecule has 1 aliphatic heterocycles. The van der Waals surface area contributed by atoms with Crippen LogP contribution in [0.3, 0.4) is 0 Å². The van der Waals surface area contributed by atoms with E-state index in [0.717, 1.165) is 28.2 Å². The van der Waals surface area contributed by atoms with Gasteiger partial charge >= 0.3 is 0 Å². The lowest BCUT2D eigenvalue weighted by molar-refractivity contribution is 0.254. The van der Waals surface area contributed by atoms with Crippen LogP contribution in [0.4, 0.5) is 0 Å². The molecular weight excluding hydrogens is 346 g/mol. The standard InChI is InChI=1S/C17H21NO4S2/c1-4-21-15-8-13-7-11(2)22-16(13)9-14(15)10-18-24(19,20)17-6-5-12(3)23-17/h5-6,8-9,11,18H,4,7,10H2,1-3H3. The Balaban J connectivity index is 1.83. The topological polar surface area (TPSA) is 64.6 Å². The molecule has 0 spiro atoms. The van der Waals surface area contributed by atoms with Crippen molar-refractivity contribution in [2.75, 3.05) is 6.61 Å². The Bertz CT molecular complexity index is 842. The summed E-state index contributed by atoms with van der Waals surface area (Å²) in [4.78, 5) is 0.963. The summed E-state index contributed by atoms with van der Waals surface area (Å²) in [7, 11) is -3.52. The van der Waals surface area contributed by atoms with Gasteiger partial charge in [-0.1, -0.05) is 0 Å². The highest BCUT2D eigenvalue weighted by Crippen LogP contribution is 2.35. The predicted octanol–water partition coefficient (Wildman–Crippen LogP) is 3.26. The highest BCUT2D eigenvalue weighted by Gasteiger charge is 2.23. The van der Waals surface area contributed by atoms with Crippen LogP contribution in [0.2, 0.25) is 0 Å². The fraction of sp³-hybridized carbons (Fsp3) is 0.412. The van der Waals surface area contributed by atoms with Crippen LogP contribution in [0.25, 0.3) is 0 Å². The third-order valence-electron chi connectivity index (χ3n) is 3.81. The van der Waals surface area contributed by atoms with Gasteiger partial charge in [-0.2, -0.15) is 0 Å². The molecule has 1 aromatic heterocycles. The molecule has 0 aliphatic carbocycles. The number of hydrogen-bond donors (Lipinski definition) is 1. The largest absolute Gasteiger partial charge is 0.494 e. The number of thiophene rings is 1. The van der Waals surface area contributed by atoms with Crippen molar-refractivity contribution in [3.63, 3.8) is 0 Å². The summed E-state index contributed by atoms with van der Waals surface area (Å²) in [5, 5.41) is 0. The van der Waals surface area contributed by atoms with Crippen LogP contribution in [0.15, 0.2) is 28.5 Å². The van der Waals surface area contributed by atoms with Crippen molar-refractivity contribution in [3.05, 3.63) is 40.3 Å². The van der Waals surface area contributed by atoms with Crippen LogP contribution >= 0.6 is 11.3 Å². The third-order valence-corrected chi connectivity index (χ3v) is 6.71. The Morgan fingerprint density at radius 3 is 2.83 bits per heavy atom. The first-order valence-electron chi connectivity index (χ1n) is 7.90. The van der Waals surface area contributed by atoms with Crippen LogP contribution < -0.4 is 14.2 Å². The summed E-state index contributed by atoms with van der Waals surface area (Å²) in [6.45, 7) is 6.51. The number of aryl methyl sites for hydroxylation is 1. The van der Waals surface area contributed by atoms with Crippen molar-refractivity contribution in [1.82, 2.24) is 4.72 Å². The number of ether oxygens (including phenoxy) is 2. The molecule has 130 valence electrons. The van der Waals surface area contributed by atoms with Crippen molar-refractivity contribution < 1.29 is 17.9 Å². The summed E-state index contributed by atoms with van der Waals surface area (Å²) in [6.07, 6.45) is 0.978. The normalized spacial score (nSPS) is 16.7. The Labute approximate surface area is 146 Å². The van der Waals surface area contributed by atoms with Crippen molar-refractivity contribution in [2.24, 2.45) is 0 Å². The second-order valence-electron chi connectivity index (χ2n) is 5.82. The summed E-state index contributed by atoms with van der Waals surface area (Å²) in [5.74, 6) is 1.52. The minimum atomic E-state index is -3.52. The summed E-state index contributed by atoms with van der Waals surface area (Å²) >= 11 is 1.26. The van der Waals surface area contributed by atoms with E-state index in [1.54, 1.807) is 12.1 Å². The van der Waals surface area contributed by atoms with Gasteiger partial charge in [0.15, 0.2) is 0 Å². The molecule has 2 heterocycles. The Kier molecular flexibility index (Phi) is 4.85. The second-order valence-corrected chi connectivity index (χ2v) is 9.10. The van der Waals surface area contributed by atoms with Gasteiger partial charge in [-0.05, 0) is 45.0 Å². The van der Waals surface area contributed by atoms with E-state index in [1.165, 1.54) is 11.3 Å². The van der Waals surface area contributed by atoms with E-state index in [4.69, 9.17) is 9.47 Å². The molecule has 3 rings (SSSR count). The fourth-order valence-corrected chi connectivity index (χ4v) is 5.04. The van der Waals surface area contributed by atoms with E-state index in [-0.39, 0.29) is 12.6 Å². The summed E-state index contributed by atoms with van der Waals surface area (Å²) in [5.41, 5.74) is 1.88. The van der Waals surface area contributed by atoms with Gasteiger partial charge in [0, 0.05) is 29.0 Å². The van der Waals surface area contributed by atoms with Crippen LogP contribution in [0, 0.1) is 6.92 Å². The molecule has 0 fully saturated rings. The van der Waals surface area contributed by atoms with Crippen LogP contribution in [-0.2, 0) is 23.0 Å². The smallest absolute Gasteiger partial charge is 0.250 e. The van der Waals surface area contributed by atoms with Gasteiger partial charge in [-0.3, -0.25) is 0 Å². The number of hydrogen-bond acceptors (Lipinski definition) is 5. The second kappa shape index (κ2) is 6.74. The average molecular weight is 367 g/mol. The summed E-state index contributed by atoms with van der Waals surface area (Å²) in [6, 6.07) is 7.27. The van der Waals surface area contributed by atoms with Gasteiger partial charge < -0.3 is 9.47 Å². The SMILES string of the molecule is CCOc1cc2c(cc1CNS(=O)(=O)c1ccc(C)s1)OC(C)C2. The zero-order valence-corrected chi connectivity index (χ0v) is 15.6. The monoisotopic (exact) mass is 367 g/mol. The van der Waals surface area contributed by atoms with Gasteiger partial charge in [0.25, 0.3) is 0 Å². The average Bonchev–Trinajstić information content (AvgIpc) is 3.10. The molecule has 7 heteroatoms. The van der Waals surface area contributed by atoms with Gasteiger partial charge in [0.05, 0.1) is 6.61 Å². The number of fused-ring (bicyclic) bond motifs is 1. The molecule has 1 N–H and O–H groups in total. The van der Waals surface area contributed by atoms with Crippen molar-refractivity contribution in [3.8, 4) is 11.5 Å². The number of rotatable bonds is 6. The van der Waals surface area contributed by atoms with Crippen LogP contribution in [0.5, 0.6) is 11.5 Å². The maximum atomic E-state index is 12.4. The van der Waals surface area contributed by atoms with Crippen molar-refractivity contribution in [2.45, 2.75) is 44.0 Å². The maximum Gasteiger partial charge on any atom is 0.250 e. The van der Waals surface area contributed by atoms with Crippen LogP contribution in [-0.4, -0.2) is 21.1 Å². The molecule has 1 aliphatic rings. The lowest BCUT2D eigenvalue weighted by Gasteiger charge is -2.13. The quantitative estimate of drug-likeness (QED) is 0.851. The first-order valence-corrected chi connectivity index (χ1v) is 10.2. The van der Waals surface area contributed by atoms with Crippen molar-refractivity contribution >= 4 is 21.4 Å². The van der Waals surface area contributed by atoms with E-state index in [9.17, 15) is 8.42 Å². The molecule has 0 saturated carbocycles. The minimum absolute atomic E-state index is 0.135. The molecule has 0 radical (unpaired) electrons. The predicted molar refractivity (Wildman–Crippen MR) is 94.5 cm³/mol. The molecular formula is C17H21NO4S2. The highest BCUT2D eigenvalue weighted by molar-refractivity contribution is 7.91. The number of benzene rings is 1. The lowest BCUT2D eigenvalue weighted by Crippen LogP contribution is -2.22. The maximum absolute atomic E-state index is 12.4. The molecule has 1 aromatic carbocycles. The number of sulfonamides is 1. The molecule has 0 amide bonds. The van der Waals surface area contributed by atoms with E-state index in [1.807, 2.05) is 32.9 Å². The minimum Gasteiger partial charge on any atom is -0.494 e. The zero-order valence-electron chi connectivity index (χ0n) is 14.0. The van der Waals surface area contributed by atoms with E-state index in [2.05, 4.69) is 4.72 Å². The van der Waals surface area contributed by atoms with E-state index in [0.29, 0.717) is 16.6 Å². The fourth-order valence-electron chi connectivity index (χ4n) is 2.71. The van der Waals surface area contributed by atoms with Gasteiger partial charge in [-0.25, -0.2) is 13.1 Å². The molecule has 0 saturated heterocycles. The Morgan fingerprint density at radius 1 is 1.38 bits per heavy atom. The first-order chi connectivity index (χ1) is 11.4. The molecule has 24 heavy (non-hydrogen) atoms. The lowest BCUT2D eigenvalue weighted by atomic mass is 10.1. The Hall–Kier alpha value is -1.57. The van der Waals surface area contributed by atoms with Crippen LogP contribution in [0.1, 0.15) is 29.9 Å². The highest BCUT2D eigenvalue weighted by atomic mass is 32.2. The third kappa shape index (κ3) is 3.58. The molecule has 1 unspecified atom stereocenters. The first kappa shape index (κ1) is 17.3. The molecule has 1 atom stereocenters. The van der Waals surface area contributed by atoms with E-state index >= 15 is 0 Å². The van der Waals surface area contributed by atoms with Crippen molar-refractivity contribution in [1.29, 1.82) is 0 Å².